The summed E-state index contributed by atoms with van der Waals surface area (Å²) in [5.41, 5.74) is 0.899. The van der Waals surface area contributed by atoms with E-state index in [0.717, 1.165) is 17.9 Å². The van der Waals surface area contributed by atoms with E-state index in [1.54, 1.807) is 6.20 Å². The lowest BCUT2D eigenvalue weighted by Gasteiger charge is -2.27. The van der Waals surface area contributed by atoms with Crippen LogP contribution in [0.1, 0.15) is 18.4 Å². The number of aliphatic hydroxyl groups is 1. The van der Waals surface area contributed by atoms with Crippen LogP contribution in [0, 0.1) is 0 Å². The van der Waals surface area contributed by atoms with Crippen LogP contribution < -0.4 is 4.90 Å². The van der Waals surface area contributed by atoms with Gasteiger partial charge in [0.2, 0.25) is 0 Å². The smallest absolute Gasteiger partial charge is 0.133 e. The van der Waals surface area contributed by atoms with Crippen LogP contribution in [0.15, 0.2) is 18.3 Å². The van der Waals surface area contributed by atoms with Gasteiger partial charge in [0.05, 0.1) is 6.61 Å². The number of anilines is 1. The maximum absolute atomic E-state index is 9.30. The van der Waals surface area contributed by atoms with Gasteiger partial charge in [-0.3, -0.25) is 0 Å². The van der Waals surface area contributed by atoms with E-state index in [1.165, 1.54) is 19.4 Å². The van der Waals surface area contributed by atoms with Gasteiger partial charge in [-0.25, -0.2) is 4.98 Å². The van der Waals surface area contributed by atoms with E-state index in [-0.39, 0.29) is 6.61 Å². The van der Waals surface area contributed by atoms with Crippen molar-refractivity contribution in [2.45, 2.75) is 25.5 Å². The molecule has 0 aromatic carbocycles. The van der Waals surface area contributed by atoms with Gasteiger partial charge in [0.15, 0.2) is 0 Å². The summed E-state index contributed by atoms with van der Waals surface area (Å²) in [5.74, 6) is 0.898. The molecule has 94 valence electrons. The molecule has 1 N–H and O–H groups in total. The molecule has 1 saturated heterocycles. The van der Waals surface area contributed by atoms with Gasteiger partial charge in [0, 0.05) is 31.4 Å². The Morgan fingerprint density at radius 3 is 3.06 bits per heavy atom. The molecule has 4 nitrogen and oxygen atoms in total. The third kappa shape index (κ3) is 2.76. The molecule has 4 heteroatoms. The molecular weight excluding hydrogens is 214 g/mol. The second-order valence-corrected chi connectivity index (χ2v) is 4.80. The van der Waals surface area contributed by atoms with Gasteiger partial charge in [-0.15, -0.1) is 0 Å². The van der Waals surface area contributed by atoms with Crippen molar-refractivity contribution in [3.8, 4) is 0 Å². The van der Waals surface area contributed by atoms with Crippen LogP contribution in [0.5, 0.6) is 0 Å². The first-order valence-corrected chi connectivity index (χ1v) is 6.18. The molecule has 1 aromatic rings. The highest BCUT2D eigenvalue weighted by Gasteiger charge is 2.23. The van der Waals surface area contributed by atoms with E-state index in [9.17, 15) is 5.11 Å². The number of nitrogens with zero attached hydrogens (tertiary/aromatic N) is 3. The fourth-order valence-electron chi connectivity index (χ4n) is 2.51. The number of hydrogen-bond acceptors (Lipinski definition) is 4. The van der Waals surface area contributed by atoms with Crippen LogP contribution in [-0.2, 0) is 6.61 Å². The molecule has 1 aliphatic heterocycles. The summed E-state index contributed by atoms with van der Waals surface area (Å²) in [6.45, 7) is 2.21. The highest BCUT2D eigenvalue weighted by molar-refractivity contribution is 5.45. The van der Waals surface area contributed by atoms with Gasteiger partial charge >= 0.3 is 0 Å². The van der Waals surface area contributed by atoms with Gasteiger partial charge in [-0.2, -0.15) is 0 Å². The Balaban J connectivity index is 2.06. The molecule has 0 radical (unpaired) electrons. The second-order valence-electron chi connectivity index (χ2n) is 4.80. The first kappa shape index (κ1) is 12.3. The van der Waals surface area contributed by atoms with Crippen LogP contribution in [0.4, 0.5) is 5.82 Å². The van der Waals surface area contributed by atoms with Gasteiger partial charge in [0.1, 0.15) is 5.82 Å². The Hall–Kier alpha value is -1.13. The predicted molar refractivity (Wildman–Crippen MR) is 69.1 cm³/mol. The van der Waals surface area contributed by atoms with Crippen LogP contribution in [0.25, 0.3) is 0 Å². The van der Waals surface area contributed by atoms with Crippen LogP contribution in [0.2, 0.25) is 0 Å². The predicted octanol–water partition coefficient (Wildman–Crippen LogP) is 1.10. The fraction of sp³-hybridized carbons (Fsp3) is 0.615. The lowest BCUT2D eigenvalue weighted by molar-refractivity contribution is 0.281. The molecule has 1 aromatic heterocycles. The Kier molecular flexibility index (Phi) is 3.97. The number of likely N-dealkylation sites (N-methyl/N-ethyl adjacent to an activating group) is 2. The fourth-order valence-corrected chi connectivity index (χ4v) is 2.51. The number of aromatic nitrogens is 1. The van der Waals surface area contributed by atoms with Gasteiger partial charge in [-0.1, -0.05) is 6.07 Å². The van der Waals surface area contributed by atoms with Crippen LogP contribution >= 0.6 is 0 Å². The number of likely N-dealkylation sites (tertiary alicyclic amines) is 1. The average molecular weight is 235 g/mol. The van der Waals surface area contributed by atoms with Crippen LogP contribution in [-0.4, -0.2) is 48.2 Å². The maximum Gasteiger partial charge on any atom is 0.133 e. The molecular formula is C13H21N3O. The summed E-state index contributed by atoms with van der Waals surface area (Å²) in [7, 11) is 4.23. The number of rotatable bonds is 4. The average Bonchev–Trinajstić information content (AvgIpc) is 2.75. The molecule has 1 aliphatic rings. The Bertz CT molecular complexity index is 369. The molecule has 0 spiro atoms. The summed E-state index contributed by atoms with van der Waals surface area (Å²) < 4.78 is 0. The van der Waals surface area contributed by atoms with Crippen molar-refractivity contribution in [2.24, 2.45) is 0 Å². The molecule has 2 heterocycles. The zero-order chi connectivity index (χ0) is 12.3. The summed E-state index contributed by atoms with van der Waals surface area (Å²) in [6.07, 6.45) is 4.32. The maximum atomic E-state index is 9.30. The molecule has 1 fully saturated rings. The summed E-state index contributed by atoms with van der Waals surface area (Å²) in [4.78, 5) is 8.92. The van der Waals surface area contributed by atoms with Gasteiger partial charge in [-0.05, 0) is 32.5 Å². The van der Waals surface area contributed by atoms with Gasteiger partial charge < -0.3 is 14.9 Å². The first-order valence-electron chi connectivity index (χ1n) is 6.18. The third-order valence-corrected chi connectivity index (χ3v) is 3.56. The van der Waals surface area contributed by atoms with Gasteiger partial charge in [0.25, 0.3) is 0 Å². The number of hydrogen-bond donors (Lipinski definition) is 1. The van der Waals surface area contributed by atoms with Crippen molar-refractivity contribution in [3.05, 3.63) is 23.9 Å². The van der Waals surface area contributed by atoms with Crippen molar-refractivity contribution in [2.75, 3.05) is 32.1 Å². The Morgan fingerprint density at radius 2 is 2.41 bits per heavy atom. The third-order valence-electron chi connectivity index (χ3n) is 3.56. The van der Waals surface area contributed by atoms with Crippen molar-refractivity contribution in [1.29, 1.82) is 0 Å². The van der Waals surface area contributed by atoms with E-state index in [2.05, 4.69) is 21.8 Å². The SMILES string of the molecule is CN(CC1CCCN1C)c1ncccc1CO. The molecule has 0 bridgehead atoms. The Labute approximate surface area is 103 Å². The highest BCUT2D eigenvalue weighted by atomic mass is 16.3. The molecule has 0 saturated carbocycles. The lowest BCUT2D eigenvalue weighted by atomic mass is 10.2. The minimum absolute atomic E-state index is 0.0496. The zero-order valence-corrected chi connectivity index (χ0v) is 10.6. The van der Waals surface area contributed by atoms with Crippen LogP contribution in [0.3, 0.4) is 0 Å². The molecule has 0 aliphatic carbocycles. The number of aliphatic hydroxyl groups excluding tert-OH is 1. The summed E-state index contributed by atoms with van der Waals surface area (Å²) in [6, 6.07) is 4.40. The highest BCUT2D eigenvalue weighted by Crippen LogP contribution is 2.20. The topological polar surface area (TPSA) is 39.6 Å². The minimum atomic E-state index is 0.0496. The van der Waals surface area contributed by atoms with Crippen molar-refractivity contribution in [1.82, 2.24) is 9.88 Å². The lowest BCUT2D eigenvalue weighted by Crippen LogP contribution is -2.37. The molecule has 17 heavy (non-hydrogen) atoms. The van der Waals surface area contributed by atoms with Crippen molar-refractivity contribution in [3.63, 3.8) is 0 Å². The second kappa shape index (κ2) is 5.47. The zero-order valence-electron chi connectivity index (χ0n) is 10.6. The van der Waals surface area contributed by atoms with Crippen molar-refractivity contribution < 1.29 is 5.11 Å². The largest absolute Gasteiger partial charge is 0.392 e. The van der Waals surface area contributed by atoms with E-state index in [4.69, 9.17) is 0 Å². The van der Waals surface area contributed by atoms with E-state index >= 15 is 0 Å². The monoisotopic (exact) mass is 235 g/mol. The van der Waals surface area contributed by atoms with E-state index in [1.807, 2.05) is 19.2 Å². The molecule has 0 amide bonds. The summed E-state index contributed by atoms with van der Waals surface area (Å²) in [5, 5.41) is 9.30. The molecule has 1 unspecified atom stereocenters. The molecule has 1 atom stereocenters. The van der Waals surface area contributed by atoms with Crippen molar-refractivity contribution >= 4 is 5.82 Å². The quantitative estimate of drug-likeness (QED) is 0.848. The van der Waals surface area contributed by atoms with E-state index in [0.29, 0.717) is 6.04 Å². The molecule has 2 rings (SSSR count). The number of pyridine rings is 1. The standard InChI is InChI=1S/C13H21N3O/c1-15-8-4-6-12(15)9-16(2)13-11(10-17)5-3-7-14-13/h3,5,7,12,17H,4,6,8-10H2,1-2H3. The van der Waals surface area contributed by atoms with E-state index < -0.39 is 0 Å². The first-order chi connectivity index (χ1) is 8.22. The minimum Gasteiger partial charge on any atom is -0.392 e. The Morgan fingerprint density at radius 1 is 1.59 bits per heavy atom. The normalized spacial score (nSPS) is 20.8. The summed E-state index contributed by atoms with van der Waals surface area (Å²) >= 11 is 0.